The molecule has 1 aliphatic heterocycles. The molecule has 3 aromatic rings. The summed E-state index contributed by atoms with van der Waals surface area (Å²) in [6, 6.07) is 10.4. The third-order valence-electron chi connectivity index (χ3n) is 6.05. The van der Waals surface area contributed by atoms with Crippen LogP contribution in [0.3, 0.4) is 0 Å². The van der Waals surface area contributed by atoms with E-state index in [1.165, 1.54) is 34.6 Å². The fourth-order valence-electron chi connectivity index (χ4n) is 3.76. The molecule has 0 aliphatic carbocycles. The summed E-state index contributed by atoms with van der Waals surface area (Å²) < 4.78 is 30.8. The maximum absolute atomic E-state index is 13.6. The number of morpholine rings is 1. The van der Waals surface area contributed by atoms with E-state index < -0.39 is 9.84 Å². The van der Waals surface area contributed by atoms with Gasteiger partial charge in [-0.1, -0.05) is 18.3 Å². The van der Waals surface area contributed by atoms with Gasteiger partial charge in [0.15, 0.2) is 15.0 Å². The lowest BCUT2D eigenvalue weighted by atomic mass is 10.1. The van der Waals surface area contributed by atoms with Gasteiger partial charge in [0.25, 0.3) is 5.91 Å². The highest BCUT2D eigenvalue weighted by Crippen LogP contribution is 2.31. The molecular weight excluding hydrogens is 458 g/mol. The smallest absolute Gasteiger partial charge is 0.260 e. The molecule has 0 bridgehead atoms. The largest absolute Gasteiger partial charge is 0.379 e. The van der Waals surface area contributed by atoms with Crippen molar-refractivity contribution >= 4 is 42.4 Å². The van der Waals surface area contributed by atoms with Crippen molar-refractivity contribution < 1.29 is 17.9 Å². The van der Waals surface area contributed by atoms with Crippen molar-refractivity contribution in [1.29, 1.82) is 0 Å². The van der Waals surface area contributed by atoms with Crippen LogP contribution in [0.1, 0.15) is 28.4 Å². The van der Waals surface area contributed by atoms with Crippen LogP contribution < -0.4 is 4.90 Å². The lowest BCUT2D eigenvalue weighted by molar-refractivity contribution is 0.0391. The third-order valence-corrected chi connectivity index (χ3v) is 8.84. The number of sulfone groups is 1. The quantitative estimate of drug-likeness (QED) is 0.506. The molecule has 7 nitrogen and oxygen atoms in total. The highest BCUT2D eigenvalue weighted by molar-refractivity contribution is 7.91. The molecule has 0 atom stereocenters. The number of anilines is 1. The molecule has 1 saturated heterocycles. The molecule has 0 spiro atoms. The summed E-state index contributed by atoms with van der Waals surface area (Å²) in [6.07, 6.45) is 0. The Morgan fingerprint density at radius 2 is 1.79 bits per heavy atom. The molecule has 0 unspecified atom stereocenters. The highest BCUT2D eigenvalue weighted by Gasteiger charge is 2.24. The monoisotopic (exact) mass is 487 g/mol. The molecule has 0 N–H and O–H groups in total. The van der Waals surface area contributed by atoms with Crippen LogP contribution in [0.25, 0.3) is 10.2 Å². The molecule has 1 fully saturated rings. The Labute approximate surface area is 198 Å². The minimum Gasteiger partial charge on any atom is -0.379 e. The van der Waals surface area contributed by atoms with Gasteiger partial charge in [0.1, 0.15) is 0 Å². The van der Waals surface area contributed by atoms with Crippen LogP contribution in [-0.2, 0) is 14.6 Å². The molecule has 176 valence electrons. The zero-order chi connectivity index (χ0) is 23.6. The number of benzene rings is 2. The zero-order valence-corrected chi connectivity index (χ0v) is 20.8. The number of amides is 1. The summed E-state index contributed by atoms with van der Waals surface area (Å²) in [6.45, 7) is 10.0. The Balaban J connectivity index is 1.65. The van der Waals surface area contributed by atoms with Crippen LogP contribution in [0, 0.1) is 13.8 Å². The summed E-state index contributed by atoms with van der Waals surface area (Å²) >= 11 is 1.50. The van der Waals surface area contributed by atoms with E-state index in [0.29, 0.717) is 37.0 Å². The van der Waals surface area contributed by atoms with Crippen LogP contribution in [0.15, 0.2) is 41.3 Å². The minimum atomic E-state index is -3.32. The van der Waals surface area contributed by atoms with E-state index in [1.54, 1.807) is 24.0 Å². The molecule has 0 saturated carbocycles. The highest BCUT2D eigenvalue weighted by atomic mass is 32.2. The second-order valence-corrected chi connectivity index (χ2v) is 11.5. The van der Waals surface area contributed by atoms with Gasteiger partial charge < -0.3 is 4.74 Å². The normalized spacial score (nSPS) is 15.1. The number of thiazole rings is 1. The standard InChI is InChI=1S/C24H29N3O4S2/c1-4-33(29,30)20-7-5-19(6-8-20)23(28)27(10-9-26-11-13-31-14-12-26)24-25-21-15-17(2)18(3)16-22(21)32-24/h5-8,15-16H,4,9-14H2,1-3H3. The lowest BCUT2D eigenvalue weighted by Gasteiger charge is -2.29. The number of nitrogens with zero attached hydrogens (tertiary/aromatic N) is 3. The van der Waals surface area contributed by atoms with Crippen molar-refractivity contribution in [3.63, 3.8) is 0 Å². The number of ether oxygens (including phenoxy) is 1. The van der Waals surface area contributed by atoms with E-state index in [0.717, 1.165) is 23.3 Å². The summed E-state index contributed by atoms with van der Waals surface area (Å²) in [5, 5.41) is 0.651. The van der Waals surface area contributed by atoms with E-state index in [4.69, 9.17) is 9.72 Å². The van der Waals surface area contributed by atoms with Crippen LogP contribution in [0.5, 0.6) is 0 Å². The van der Waals surface area contributed by atoms with Crippen LogP contribution in [0.2, 0.25) is 0 Å². The number of aryl methyl sites for hydroxylation is 2. The SMILES string of the molecule is CCS(=O)(=O)c1ccc(C(=O)N(CCN2CCOCC2)c2nc3cc(C)c(C)cc3s2)cc1. The first-order valence-electron chi connectivity index (χ1n) is 11.1. The summed E-state index contributed by atoms with van der Waals surface area (Å²) in [5.74, 6) is -0.160. The van der Waals surface area contributed by atoms with E-state index in [1.807, 2.05) is 0 Å². The number of carbonyl (C=O) groups is 1. The van der Waals surface area contributed by atoms with Crippen molar-refractivity contribution in [2.45, 2.75) is 25.7 Å². The number of aromatic nitrogens is 1. The van der Waals surface area contributed by atoms with Gasteiger partial charge >= 0.3 is 0 Å². The Morgan fingerprint density at radius 1 is 1.12 bits per heavy atom. The van der Waals surface area contributed by atoms with Gasteiger partial charge in [-0.3, -0.25) is 14.6 Å². The number of fused-ring (bicyclic) bond motifs is 1. The lowest BCUT2D eigenvalue weighted by Crippen LogP contribution is -2.43. The molecule has 1 aliphatic rings. The molecule has 1 amide bonds. The second kappa shape index (κ2) is 9.89. The van der Waals surface area contributed by atoms with Gasteiger partial charge in [-0.25, -0.2) is 13.4 Å². The fourth-order valence-corrected chi connectivity index (χ4v) is 5.71. The van der Waals surface area contributed by atoms with Crippen molar-refractivity contribution in [2.24, 2.45) is 0 Å². The Bertz CT molecular complexity index is 1210. The van der Waals surface area contributed by atoms with E-state index in [-0.39, 0.29) is 16.6 Å². The Kier molecular flexibility index (Phi) is 7.13. The maximum Gasteiger partial charge on any atom is 0.260 e. The van der Waals surface area contributed by atoms with Crippen molar-refractivity contribution in [1.82, 2.24) is 9.88 Å². The molecule has 2 aromatic carbocycles. The zero-order valence-electron chi connectivity index (χ0n) is 19.2. The van der Waals surface area contributed by atoms with Crippen LogP contribution in [0.4, 0.5) is 5.13 Å². The van der Waals surface area contributed by atoms with E-state index >= 15 is 0 Å². The first-order valence-corrected chi connectivity index (χ1v) is 13.6. The average molecular weight is 488 g/mol. The molecule has 2 heterocycles. The molecule has 33 heavy (non-hydrogen) atoms. The second-order valence-electron chi connectivity index (χ2n) is 8.24. The van der Waals surface area contributed by atoms with Crippen molar-refractivity contribution in [3.8, 4) is 0 Å². The first-order chi connectivity index (χ1) is 15.8. The van der Waals surface area contributed by atoms with Crippen LogP contribution >= 0.6 is 11.3 Å². The predicted octanol–water partition coefficient (Wildman–Crippen LogP) is 3.69. The van der Waals surface area contributed by atoms with E-state index in [2.05, 4.69) is 30.9 Å². The summed E-state index contributed by atoms with van der Waals surface area (Å²) in [7, 11) is -3.32. The average Bonchev–Trinajstić information content (AvgIpc) is 3.22. The van der Waals surface area contributed by atoms with E-state index in [9.17, 15) is 13.2 Å². The van der Waals surface area contributed by atoms with Gasteiger partial charge in [-0.15, -0.1) is 0 Å². The number of rotatable bonds is 7. The van der Waals surface area contributed by atoms with Gasteiger partial charge in [-0.05, 0) is 61.4 Å². The molecule has 0 radical (unpaired) electrons. The summed E-state index contributed by atoms with van der Waals surface area (Å²) in [5.41, 5.74) is 3.68. The number of hydrogen-bond acceptors (Lipinski definition) is 7. The predicted molar refractivity (Wildman–Crippen MR) is 132 cm³/mol. The molecule has 4 rings (SSSR count). The molecular formula is C24H29N3O4S2. The van der Waals surface area contributed by atoms with Crippen molar-refractivity contribution in [3.05, 3.63) is 53.1 Å². The third kappa shape index (κ3) is 5.27. The first kappa shape index (κ1) is 23.8. The van der Waals surface area contributed by atoms with Crippen LogP contribution in [-0.4, -0.2) is 69.4 Å². The number of hydrogen-bond donors (Lipinski definition) is 0. The van der Waals surface area contributed by atoms with Gasteiger partial charge in [0.2, 0.25) is 0 Å². The van der Waals surface area contributed by atoms with Gasteiger partial charge in [0.05, 0.1) is 34.1 Å². The number of carbonyl (C=O) groups excluding carboxylic acids is 1. The van der Waals surface area contributed by atoms with Gasteiger partial charge in [-0.2, -0.15) is 0 Å². The topological polar surface area (TPSA) is 79.8 Å². The van der Waals surface area contributed by atoms with Gasteiger partial charge in [0, 0.05) is 31.7 Å². The molecule has 9 heteroatoms. The maximum atomic E-state index is 13.6. The summed E-state index contributed by atoms with van der Waals surface area (Å²) in [4.78, 5) is 22.6. The fraction of sp³-hybridized carbons (Fsp3) is 0.417. The molecule has 1 aromatic heterocycles. The Morgan fingerprint density at radius 3 is 2.45 bits per heavy atom. The minimum absolute atomic E-state index is 0.0243. The Hall–Kier alpha value is -2.33. The van der Waals surface area contributed by atoms with Crippen molar-refractivity contribution in [2.75, 3.05) is 50.0 Å².